The first kappa shape index (κ1) is 17.4. The summed E-state index contributed by atoms with van der Waals surface area (Å²) in [5.74, 6) is 0.305. The Morgan fingerprint density at radius 2 is 1.52 bits per heavy atom. The van der Waals surface area contributed by atoms with Gasteiger partial charge in [0, 0.05) is 31.7 Å². The first-order valence-electron chi connectivity index (χ1n) is 8.76. The van der Waals surface area contributed by atoms with Crippen molar-refractivity contribution in [1.29, 1.82) is 0 Å². The summed E-state index contributed by atoms with van der Waals surface area (Å²) in [5.41, 5.74) is 2.96. The molecule has 0 saturated carbocycles. The van der Waals surface area contributed by atoms with E-state index < -0.39 is 0 Å². The Hall–Kier alpha value is -2.46. The Morgan fingerprint density at radius 1 is 0.880 bits per heavy atom. The van der Waals surface area contributed by atoms with Crippen LogP contribution in [0, 0.1) is 6.92 Å². The fourth-order valence-corrected chi connectivity index (χ4v) is 3.07. The molecule has 1 saturated heterocycles. The van der Waals surface area contributed by atoms with Gasteiger partial charge >= 0.3 is 0 Å². The van der Waals surface area contributed by atoms with Crippen molar-refractivity contribution in [2.45, 2.75) is 13.3 Å². The molecule has 1 fully saturated rings. The topological polar surface area (TPSA) is 40.6 Å². The fourth-order valence-electron chi connectivity index (χ4n) is 3.07. The van der Waals surface area contributed by atoms with Gasteiger partial charge in [-0.25, -0.2) is 0 Å². The highest BCUT2D eigenvalue weighted by Crippen LogP contribution is 2.09. The lowest BCUT2D eigenvalue weighted by Crippen LogP contribution is -2.50. The highest BCUT2D eigenvalue weighted by Gasteiger charge is 2.22. The molecule has 0 bridgehead atoms. The Balaban J connectivity index is 1.47. The predicted octanol–water partition coefficient (Wildman–Crippen LogP) is 2.56. The molecule has 4 heteroatoms. The molecule has 1 aliphatic heterocycles. The van der Waals surface area contributed by atoms with Gasteiger partial charge in [0.25, 0.3) is 0 Å². The van der Waals surface area contributed by atoms with E-state index >= 15 is 0 Å². The maximum Gasteiger partial charge on any atom is 0.227 e. The zero-order chi connectivity index (χ0) is 17.6. The van der Waals surface area contributed by atoms with Crippen molar-refractivity contribution < 1.29 is 9.59 Å². The maximum absolute atomic E-state index is 12.4. The average molecular weight is 336 g/mol. The van der Waals surface area contributed by atoms with Crippen LogP contribution >= 0.6 is 0 Å². The molecule has 0 atom stereocenters. The van der Waals surface area contributed by atoms with Crippen LogP contribution in [0.4, 0.5) is 0 Å². The minimum Gasteiger partial charge on any atom is -0.340 e. The number of Topliss-reactive ketones (excluding diaryl/α,β-unsaturated/α-hetero) is 1. The second-order valence-electron chi connectivity index (χ2n) is 6.61. The zero-order valence-electron chi connectivity index (χ0n) is 14.6. The summed E-state index contributed by atoms with van der Waals surface area (Å²) < 4.78 is 0. The lowest BCUT2D eigenvalue weighted by molar-refractivity contribution is -0.132. The average Bonchev–Trinajstić information content (AvgIpc) is 2.63. The molecule has 25 heavy (non-hydrogen) atoms. The third-order valence-electron chi connectivity index (χ3n) is 4.66. The van der Waals surface area contributed by atoms with Crippen LogP contribution in [0.15, 0.2) is 54.6 Å². The summed E-state index contributed by atoms with van der Waals surface area (Å²) in [6.07, 6.45) is 0.448. The van der Waals surface area contributed by atoms with Crippen molar-refractivity contribution in [2.24, 2.45) is 0 Å². The largest absolute Gasteiger partial charge is 0.340 e. The fraction of sp³-hybridized carbons (Fsp3) is 0.333. The van der Waals surface area contributed by atoms with Crippen LogP contribution in [-0.2, 0) is 11.2 Å². The van der Waals surface area contributed by atoms with Gasteiger partial charge in [-0.15, -0.1) is 0 Å². The van der Waals surface area contributed by atoms with Crippen molar-refractivity contribution in [3.05, 3.63) is 71.3 Å². The lowest BCUT2D eigenvalue weighted by Gasteiger charge is -2.34. The van der Waals surface area contributed by atoms with Crippen LogP contribution in [0.5, 0.6) is 0 Å². The van der Waals surface area contributed by atoms with Crippen molar-refractivity contribution in [3.63, 3.8) is 0 Å². The molecule has 1 aliphatic rings. The first-order chi connectivity index (χ1) is 12.1. The normalized spacial score (nSPS) is 15.2. The quantitative estimate of drug-likeness (QED) is 0.788. The smallest absolute Gasteiger partial charge is 0.227 e. The van der Waals surface area contributed by atoms with Crippen molar-refractivity contribution in [1.82, 2.24) is 9.80 Å². The van der Waals surface area contributed by atoms with Crippen LogP contribution in [0.1, 0.15) is 21.5 Å². The summed E-state index contributed by atoms with van der Waals surface area (Å²) in [7, 11) is 0. The van der Waals surface area contributed by atoms with E-state index in [9.17, 15) is 9.59 Å². The number of amides is 1. The molecule has 1 amide bonds. The molecule has 2 aromatic carbocycles. The lowest BCUT2D eigenvalue weighted by atomic mass is 10.1. The van der Waals surface area contributed by atoms with Gasteiger partial charge in [0.1, 0.15) is 0 Å². The molecule has 0 radical (unpaired) electrons. The third kappa shape index (κ3) is 4.77. The van der Waals surface area contributed by atoms with Gasteiger partial charge in [0.2, 0.25) is 5.91 Å². The van der Waals surface area contributed by atoms with E-state index in [-0.39, 0.29) is 11.7 Å². The van der Waals surface area contributed by atoms with E-state index in [0.717, 1.165) is 29.8 Å². The third-order valence-corrected chi connectivity index (χ3v) is 4.66. The summed E-state index contributed by atoms with van der Waals surface area (Å²) in [4.78, 5) is 28.8. The molecule has 130 valence electrons. The SMILES string of the molecule is Cc1ccc(C(=O)CN2CCN(C(=O)Cc3ccccc3)CC2)cc1. The van der Waals surface area contributed by atoms with E-state index in [0.29, 0.717) is 26.1 Å². The molecule has 0 spiro atoms. The Bertz CT molecular complexity index is 717. The number of ketones is 1. The van der Waals surface area contributed by atoms with Gasteiger partial charge in [-0.05, 0) is 12.5 Å². The molecule has 4 nitrogen and oxygen atoms in total. The number of hydrogen-bond acceptors (Lipinski definition) is 3. The second-order valence-corrected chi connectivity index (χ2v) is 6.61. The molecule has 2 aromatic rings. The number of piperazine rings is 1. The van der Waals surface area contributed by atoms with E-state index in [2.05, 4.69) is 4.90 Å². The van der Waals surface area contributed by atoms with Gasteiger partial charge in [-0.1, -0.05) is 60.2 Å². The number of rotatable bonds is 5. The summed E-state index contributed by atoms with van der Waals surface area (Å²) in [6.45, 7) is 5.31. The molecular formula is C21H24N2O2. The second kappa shape index (κ2) is 8.08. The monoisotopic (exact) mass is 336 g/mol. The molecule has 0 aliphatic carbocycles. The summed E-state index contributed by atoms with van der Waals surface area (Å²) >= 11 is 0. The van der Waals surface area contributed by atoms with Gasteiger partial charge in [-0.2, -0.15) is 0 Å². The number of aryl methyl sites for hydroxylation is 1. The van der Waals surface area contributed by atoms with Crippen LogP contribution in [-0.4, -0.2) is 54.2 Å². The Labute approximate surface area is 149 Å². The summed E-state index contributed by atoms with van der Waals surface area (Å²) in [5, 5.41) is 0. The maximum atomic E-state index is 12.4. The molecule has 0 unspecified atom stereocenters. The number of carbonyl (C=O) groups is 2. The minimum absolute atomic E-state index is 0.143. The molecule has 1 heterocycles. The molecule has 3 rings (SSSR count). The van der Waals surface area contributed by atoms with Crippen LogP contribution in [0.25, 0.3) is 0 Å². The van der Waals surface area contributed by atoms with Crippen LogP contribution < -0.4 is 0 Å². The van der Waals surface area contributed by atoms with E-state index in [1.165, 1.54) is 0 Å². The first-order valence-corrected chi connectivity index (χ1v) is 8.76. The van der Waals surface area contributed by atoms with Gasteiger partial charge in [-0.3, -0.25) is 14.5 Å². The molecule has 0 aromatic heterocycles. The highest BCUT2D eigenvalue weighted by atomic mass is 16.2. The van der Waals surface area contributed by atoms with Crippen molar-refractivity contribution in [3.8, 4) is 0 Å². The molecular weight excluding hydrogens is 312 g/mol. The zero-order valence-corrected chi connectivity index (χ0v) is 14.6. The number of carbonyl (C=O) groups excluding carboxylic acids is 2. The van der Waals surface area contributed by atoms with Gasteiger partial charge in [0.05, 0.1) is 13.0 Å². The van der Waals surface area contributed by atoms with E-state index in [1.807, 2.05) is 66.4 Å². The van der Waals surface area contributed by atoms with Crippen LogP contribution in [0.2, 0.25) is 0 Å². The van der Waals surface area contributed by atoms with Gasteiger partial charge in [0.15, 0.2) is 5.78 Å². The Kier molecular flexibility index (Phi) is 5.61. The summed E-state index contributed by atoms with van der Waals surface area (Å²) in [6, 6.07) is 17.5. The highest BCUT2D eigenvalue weighted by molar-refractivity contribution is 5.97. The minimum atomic E-state index is 0.143. The molecule has 0 N–H and O–H groups in total. The Morgan fingerprint density at radius 3 is 2.16 bits per heavy atom. The van der Waals surface area contributed by atoms with E-state index in [1.54, 1.807) is 0 Å². The predicted molar refractivity (Wildman–Crippen MR) is 98.7 cm³/mol. The van der Waals surface area contributed by atoms with Crippen molar-refractivity contribution >= 4 is 11.7 Å². The van der Waals surface area contributed by atoms with E-state index in [4.69, 9.17) is 0 Å². The standard InChI is InChI=1S/C21H24N2O2/c1-17-7-9-19(10-8-17)20(24)16-22-11-13-23(14-12-22)21(25)15-18-5-3-2-4-6-18/h2-10H,11-16H2,1H3. The van der Waals surface area contributed by atoms with Crippen LogP contribution in [0.3, 0.4) is 0 Å². The number of nitrogens with zero attached hydrogens (tertiary/aromatic N) is 2. The number of hydrogen-bond donors (Lipinski definition) is 0. The number of benzene rings is 2. The van der Waals surface area contributed by atoms with Gasteiger partial charge < -0.3 is 4.90 Å². The van der Waals surface area contributed by atoms with Crippen molar-refractivity contribution in [2.75, 3.05) is 32.7 Å².